The van der Waals surface area contributed by atoms with Crippen LogP contribution in [0.3, 0.4) is 0 Å². The van der Waals surface area contributed by atoms with Crippen molar-refractivity contribution in [3.63, 3.8) is 0 Å². The van der Waals surface area contributed by atoms with Crippen molar-refractivity contribution < 1.29 is 4.79 Å². The minimum absolute atomic E-state index is 0.0649. The molecule has 2 aromatic rings. The van der Waals surface area contributed by atoms with E-state index in [4.69, 9.17) is 0 Å². The highest BCUT2D eigenvalue weighted by Gasteiger charge is 2.23. The van der Waals surface area contributed by atoms with E-state index >= 15 is 0 Å². The summed E-state index contributed by atoms with van der Waals surface area (Å²) in [5, 5.41) is 1.78. The Hall–Kier alpha value is -1.69. The molecule has 1 amide bonds. The molecule has 5 nitrogen and oxygen atoms in total. The standard InChI is InChI=1S/C13H17N3O2S/c1-8(2)9(3)15(4)11(17)10-7-14-13-16(12(10)18)5-6-19-13/h5-9H,1-4H3/t9-/m0/s1. The minimum Gasteiger partial charge on any atom is -0.339 e. The Bertz CT molecular complexity index is 659. The lowest BCUT2D eigenvalue weighted by Gasteiger charge is -2.27. The van der Waals surface area contributed by atoms with Crippen LogP contribution in [0.1, 0.15) is 31.1 Å². The third-order valence-corrected chi connectivity index (χ3v) is 4.24. The Labute approximate surface area is 115 Å². The molecule has 0 aliphatic rings. The summed E-state index contributed by atoms with van der Waals surface area (Å²) in [5.41, 5.74) is -0.190. The normalized spacial score (nSPS) is 12.9. The number of rotatable bonds is 3. The molecule has 0 fully saturated rings. The summed E-state index contributed by atoms with van der Waals surface area (Å²) in [5.74, 6) is 0.0499. The summed E-state index contributed by atoms with van der Waals surface area (Å²) in [4.78, 5) is 30.9. The summed E-state index contributed by atoms with van der Waals surface area (Å²) in [7, 11) is 1.72. The van der Waals surface area contributed by atoms with Gasteiger partial charge in [0.15, 0.2) is 4.96 Å². The highest BCUT2D eigenvalue weighted by molar-refractivity contribution is 7.15. The second-order valence-electron chi connectivity index (χ2n) is 4.93. The Morgan fingerprint density at radius 1 is 1.42 bits per heavy atom. The van der Waals surface area contributed by atoms with Crippen molar-refractivity contribution in [2.45, 2.75) is 26.8 Å². The lowest BCUT2D eigenvalue weighted by Crippen LogP contribution is -2.40. The average Bonchev–Trinajstić information content (AvgIpc) is 2.85. The molecule has 0 saturated carbocycles. The zero-order chi connectivity index (χ0) is 14.2. The van der Waals surface area contributed by atoms with E-state index in [1.807, 2.05) is 20.8 Å². The fourth-order valence-electron chi connectivity index (χ4n) is 1.79. The van der Waals surface area contributed by atoms with Crippen molar-refractivity contribution in [1.82, 2.24) is 14.3 Å². The van der Waals surface area contributed by atoms with Gasteiger partial charge in [0.1, 0.15) is 5.56 Å². The maximum atomic E-state index is 12.4. The van der Waals surface area contributed by atoms with E-state index in [-0.39, 0.29) is 23.1 Å². The molecular formula is C13H17N3O2S. The lowest BCUT2D eigenvalue weighted by atomic mass is 10.0. The van der Waals surface area contributed by atoms with Crippen LogP contribution in [0, 0.1) is 5.92 Å². The molecule has 0 bridgehead atoms. The summed E-state index contributed by atoms with van der Waals surface area (Å²) in [6.45, 7) is 6.06. The summed E-state index contributed by atoms with van der Waals surface area (Å²) in [6, 6.07) is 0.0649. The van der Waals surface area contributed by atoms with Gasteiger partial charge in [0.05, 0.1) is 0 Å². The molecule has 1 atom stereocenters. The number of thiazole rings is 1. The molecule has 2 heterocycles. The number of hydrogen-bond acceptors (Lipinski definition) is 4. The van der Waals surface area contributed by atoms with E-state index in [9.17, 15) is 9.59 Å². The van der Waals surface area contributed by atoms with Crippen LogP contribution >= 0.6 is 11.3 Å². The van der Waals surface area contributed by atoms with Crippen molar-refractivity contribution >= 4 is 22.2 Å². The van der Waals surface area contributed by atoms with Crippen LogP contribution in [0.25, 0.3) is 4.96 Å². The monoisotopic (exact) mass is 279 g/mol. The van der Waals surface area contributed by atoms with Crippen LogP contribution in [0.2, 0.25) is 0 Å². The number of hydrogen-bond donors (Lipinski definition) is 0. The number of amides is 1. The molecule has 102 valence electrons. The molecule has 0 radical (unpaired) electrons. The van der Waals surface area contributed by atoms with Crippen molar-refractivity contribution in [3.8, 4) is 0 Å². The maximum absolute atomic E-state index is 12.4. The van der Waals surface area contributed by atoms with Crippen LogP contribution in [0.15, 0.2) is 22.6 Å². The van der Waals surface area contributed by atoms with Crippen LogP contribution in [-0.2, 0) is 0 Å². The van der Waals surface area contributed by atoms with E-state index in [1.165, 1.54) is 21.9 Å². The first kappa shape index (κ1) is 13.7. The van der Waals surface area contributed by atoms with E-state index in [2.05, 4.69) is 4.98 Å². The third-order valence-electron chi connectivity index (χ3n) is 3.47. The van der Waals surface area contributed by atoms with Gasteiger partial charge in [-0.3, -0.25) is 14.0 Å². The Morgan fingerprint density at radius 2 is 2.11 bits per heavy atom. The first-order valence-corrected chi connectivity index (χ1v) is 7.03. The second-order valence-corrected chi connectivity index (χ2v) is 5.81. The Balaban J connectivity index is 2.41. The molecule has 2 aromatic heterocycles. The molecule has 0 N–H and O–H groups in total. The van der Waals surface area contributed by atoms with E-state index in [0.717, 1.165) is 0 Å². The molecule has 0 aliphatic carbocycles. The van der Waals surface area contributed by atoms with Gasteiger partial charge in [-0.2, -0.15) is 0 Å². The van der Waals surface area contributed by atoms with Gasteiger partial charge < -0.3 is 4.90 Å². The zero-order valence-electron chi connectivity index (χ0n) is 11.5. The van der Waals surface area contributed by atoms with Gasteiger partial charge in [0.2, 0.25) is 0 Å². The smallest absolute Gasteiger partial charge is 0.271 e. The van der Waals surface area contributed by atoms with Gasteiger partial charge in [0, 0.05) is 30.9 Å². The number of fused-ring (bicyclic) bond motifs is 1. The molecule has 0 unspecified atom stereocenters. The van der Waals surface area contributed by atoms with Gasteiger partial charge in [-0.05, 0) is 12.8 Å². The largest absolute Gasteiger partial charge is 0.339 e. The first-order valence-electron chi connectivity index (χ1n) is 6.15. The molecule has 0 aliphatic heterocycles. The molecule has 6 heteroatoms. The van der Waals surface area contributed by atoms with Gasteiger partial charge in [-0.1, -0.05) is 13.8 Å². The molecular weight excluding hydrogens is 262 g/mol. The number of carbonyl (C=O) groups is 1. The van der Waals surface area contributed by atoms with Gasteiger partial charge in [0.25, 0.3) is 11.5 Å². The summed E-state index contributed by atoms with van der Waals surface area (Å²) in [6.07, 6.45) is 3.01. The van der Waals surface area contributed by atoms with Crippen LogP contribution in [0.5, 0.6) is 0 Å². The fourth-order valence-corrected chi connectivity index (χ4v) is 2.47. The quantitative estimate of drug-likeness (QED) is 0.862. The lowest BCUT2D eigenvalue weighted by molar-refractivity contribution is 0.0704. The van der Waals surface area contributed by atoms with Crippen LogP contribution in [0.4, 0.5) is 0 Å². The van der Waals surface area contributed by atoms with E-state index in [1.54, 1.807) is 23.5 Å². The predicted octanol–water partition coefficient (Wildman–Crippen LogP) is 1.87. The maximum Gasteiger partial charge on any atom is 0.271 e. The van der Waals surface area contributed by atoms with Crippen molar-refractivity contribution in [2.24, 2.45) is 5.92 Å². The Morgan fingerprint density at radius 3 is 2.74 bits per heavy atom. The predicted molar refractivity (Wildman–Crippen MR) is 75.7 cm³/mol. The van der Waals surface area contributed by atoms with E-state index < -0.39 is 0 Å². The molecule has 0 aromatic carbocycles. The highest BCUT2D eigenvalue weighted by Crippen LogP contribution is 2.12. The zero-order valence-corrected chi connectivity index (χ0v) is 12.3. The van der Waals surface area contributed by atoms with Crippen molar-refractivity contribution in [3.05, 3.63) is 33.7 Å². The van der Waals surface area contributed by atoms with Gasteiger partial charge >= 0.3 is 0 Å². The minimum atomic E-state index is -0.306. The van der Waals surface area contributed by atoms with Crippen LogP contribution < -0.4 is 5.56 Å². The second kappa shape index (κ2) is 5.13. The topological polar surface area (TPSA) is 54.7 Å². The SMILES string of the molecule is CC(C)[C@H](C)N(C)C(=O)c1cnc2sccn2c1=O. The van der Waals surface area contributed by atoms with Crippen molar-refractivity contribution in [1.29, 1.82) is 0 Å². The van der Waals surface area contributed by atoms with Crippen LogP contribution in [-0.4, -0.2) is 33.3 Å². The van der Waals surface area contributed by atoms with Crippen molar-refractivity contribution in [2.75, 3.05) is 7.05 Å². The average molecular weight is 279 g/mol. The van der Waals surface area contributed by atoms with E-state index in [0.29, 0.717) is 10.9 Å². The van der Waals surface area contributed by atoms with Gasteiger partial charge in [-0.25, -0.2) is 4.98 Å². The number of aromatic nitrogens is 2. The third kappa shape index (κ3) is 2.40. The number of carbonyl (C=O) groups excluding carboxylic acids is 1. The summed E-state index contributed by atoms with van der Waals surface area (Å²) < 4.78 is 1.41. The first-order chi connectivity index (χ1) is 8.93. The van der Waals surface area contributed by atoms with Gasteiger partial charge in [-0.15, -0.1) is 11.3 Å². The highest BCUT2D eigenvalue weighted by atomic mass is 32.1. The summed E-state index contributed by atoms with van der Waals surface area (Å²) >= 11 is 1.37. The fraction of sp³-hybridized carbons (Fsp3) is 0.462. The molecule has 2 rings (SSSR count). The molecule has 0 saturated heterocycles. The number of nitrogens with zero attached hydrogens (tertiary/aromatic N) is 3. The molecule has 0 spiro atoms. The Kier molecular flexibility index (Phi) is 3.71. The molecule has 19 heavy (non-hydrogen) atoms.